The van der Waals surface area contributed by atoms with Gasteiger partial charge in [-0.3, -0.25) is 0 Å². The van der Waals surface area contributed by atoms with Crippen molar-refractivity contribution in [3.05, 3.63) is 259 Å². The van der Waals surface area contributed by atoms with Crippen molar-refractivity contribution < 1.29 is 4.42 Å². The Morgan fingerprint density at radius 2 is 0.869 bits per heavy atom. The highest BCUT2D eigenvalue weighted by atomic mass is 16.3. The second-order valence-corrected chi connectivity index (χ2v) is 16.0. The smallest absolute Gasteiger partial charge is 0.143 e. The molecule has 0 atom stereocenters. The molecular formula is C59H39NO. The minimum absolute atomic E-state index is 0.445. The van der Waals surface area contributed by atoms with Crippen LogP contribution in [0.2, 0.25) is 0 Å². The lowest BCUT2D eigenvalue weighted by molar-refractivity contribution is 0.670. The van der Waals surface area contributed by atoms with Gasteiger partial charge in [-0.1, -0.05) is 194 Å². The molecule has 0 radical (unpaired) electrons. The molecule has 11 aromatic rings. The molecule has 2 heteroatoms. The molecule has 1 aliphatic carbocycles. The largest absolute Gasteiger partial charge is 0.455 e. The first-order valence-electron chi connectivity index (χ1n) is 21.0. The van der Waals surface area contributed by atoms with Gasteiger partial charge in [-0.05, 0) is 103 Å². The summed E-state index contributed by atoms with van der Waals surface area (Å²) in [6.45, 7) is 0. The fourth-order valence-corrected chi connectivity index (χ4v) is 10.1. The summed E-state index contributed by atoms with van der Waals surface area (Å²) in [5.74, 6) is 0. The van der Waals surface area contributed by atoms with Gasteiger partial charge in [-0.2, -0.15) is 0 Å². The molecule has 0 amide bonds. The van der Waals surface area contributed by atoms with Gasteiger partial charge < -0.3 is 9.32 Å². The minimum Gasteiger partial charge on any atom is -0.455 e. The standard InChI is InChI=1S/C59H39NO/c1-3-17-44(18-4-1)59(45-19-5-2-6-20-45)54-26-11-9-22-53(54)57-49(23-14-27-55(57)59)41-30-34-46(35-31-41)60(48-38-29-40-15-7-8-16-43(40)39-48)47-36-32-42(33-37-47)50-24-13-25-52-51-21-10-12-28-56(51)61-58(50)52/h1-39H. The summed E-state index contributed by atoms with van der Waals surface area (Å²) in [5.41, 5.74) is 17.0. The highest BCUT2D eigenvalue weighted by Crippen LogP contribution is 2.58. The molecule has 0 unspecified atom stereocenters. The Morgan fingerprint density at radius 1 is 0.344 bits per heavy atom. The maximum absolute atomic E-state index is 6.44. The van der Waals surface area contributed by atoms with Gasteiger partial charge in [-0.15, -0.1) is 0 Å². The molecule has 0 saturated carbocycles. The van der Waals surface area contributed by atoms with Crippen molar-refractivity contribution >= 4 is 49.8 Å². The lowest BCUT2D eigenvalue weighted by atomic mass is 9.67. The fourth-order valence-electron chi connectivity index (χ4n) is 10.1. The molecule has 1 heterocycles. The van der Waals surface area contributed by atoms with E-state index >= 15 is 0 Å². The molecule has 0 aliphatic heterocycles. The van der Waals surface area contributed by atoms with Gasteiger partial charge in [-0.25, -0.2) is 0 Å². The average Bonchev–Trinajstić information content (AvgIpc) is 3.87. The first-order chi connectivity index (χ1) is 30.3. The Morgan fingerprint density at radius 3 is 1.61 bits per heavy atom. The van der Waals surface area contributed by atoms with Crippen LogP contribution in [0.4, 0.5) is 17.1 Å². The number of hydrogen-bond donors (Lipinski definition) is 0. The topological polar surface area (TPSA) is 16.4 Å². The monoisotopic (exact) mass is 777 g/mol. The molecular weight excluding hydrogens is 739 g/mol. The summed E-state index contributed by atoms with van der Waals surface area (Å²) in [6, 6.07) is 85.9. The van der Waals surface area contributed by atoms with Crippen molar-refractivity contribution in [1.82, 2.24) is 0 Å². The van der Waals surface area contributed by atoms with E-state index in [-0.39, 0.29) is 0 Å². The van der Waals surface area contributed by atoms with Gasteiger partial charge in [0, 0.05) is 33.4 Å². The van der Waals surface area contributed by atoms with Gasteiger partial charge in [0.1, 0.15) is 11.2 Å². The van der Waals surface area contributed by atoms with Crippen LogP contribution in [-0.2, 0) is 5.41 Å². The SMILES string of the molecule is c1ccc(C2(c3ccccc3)c3ccccc3-c3c(-c4ccc(N(c5ccc(-c6cccc7c6oc6ccccc67)cc5)c5ccc6ccccc6c5)cc4)cccc32)cc1. The quantitative estimate of drug-likeness (QED) is 0.160. The summed E-state index contributed by atoms with van der Waals surface area (Å²) in [5, 5.41) is 4.69. The van der Waals surface area contributed by atoms with Crippen molar-refractivity contribution in [3.8, 4) is 33.4 Å². The van der Waals surface area contributed by atoms with Crippen LogP contribution in [-0.4, -0.2) is 0 Å². The van der Waals surface area contributed by atoms with E-state index in [1.54, 1.807) is 0 Å². The second-order valence-electron chi connectivity index (χ2n) is 16.0. The molecule has 0 bridgehead atoms. The van der Waals surface area contributed by atoms with Crippen molar-refractivity contribution in [1.29, 1.82) is 0 Å². The van der Waals surface area contributed by atoms with E-state index in [4.69, 9.17) is 4.42 Å². The Bertz CT molecular complexity index is 3360. The van der Waals surface area contributed by atoms with Crippen LogP contribution in [0.15, 0.2) is 241 Å². The molecule has 61 heavy (non-hydrogen) atoms. The average molecular weight is 778 g/mol. The third-order valence-electron chi connectivity index (χ3n) is 12.8. The molecule has 0 N–H and O–H groups in total. The number of hydrogen-bond acceptors (Lipinski definition) is 2. The van der Waals surface area contributed by atoms with E-state index in [0.717, 1.165) is 50.1 Å². The number of rotatable bonds is 7. The second kappa shape index (κ2) is 14.1. The van der Waals surface area contributed by atoms with Crippen LogP contribution >= 0.6 is 0 Å². The fraction of sp³-hybridized carbons (Fsp3) is 0.0169. The Labute approximate surface area is 355 Å². The van der Waals surface area contributed by atoms with Gasteiger partial charge in [0.05, 0.1) is 5.41 Å². The molecule has 1 aliphatic rings. The van der Waals surface area contributed by atoms with Gasteiger partial charge >= 0.3 is 0 Å². The van der Waals surface area contributed by atoms with E-state index in [0.29, 0.717) is 0 Å². The normalized spacial score (nSPS) is 12.7. The predicted molar refractivity (Wildman–Crippen MR) is 254 cm³/mol. The number of para-hydroxylation sites is 2. The number of nitrogens with zero attached hydrogens (tertiary/aromatic N) is 1. The summed E-state index contributed by atoms with van der Waals surface area (Å²) in [7, 11) is 0. The van der Waals surface area contributed by atoms with Gasteiger partial charge in [0.25, 0.3) is 0 Å². The van der Waals surface area contributed by atoms with Gasteiger partial charge in [0.15, 0.2) is 0 Å². The Kier molecular flexibility index (Phi) is 8.11. The molecule has 2 nitrogen and oxygen atoms in total. The van der Waals surface area contributed by atoms with E-state index < -0.39 is 5.41 Å². The van der Waals surface area contributed by atoms with Crippen LogP contribution in [0.1, 0.15) is 22.3 Å². The molecule has 1 aromatic heterocycles. The summed E-state index contributed by atoms with van der Waals surface area (Å²) in [6.07, 6.45) is 0. The van der Waals surface area contributed by atoms with E-state index in [2.05, 4.69) is 229 Å². The van der Waals surface area contributed by atoms with E-state index in [9.17, 15) is 0 Å². The number of furan rings is 1. The van der Waals surface area contributed by atoms with Crippen LogP contribution in [0.5, 0.6) is 0 Å². The number of anilines is 3. The predicted octanol–water partition coefficient (Wildman–Crippen LogP) is 15.9. The zero-order valence-electron chi connectivity index (χ0n) is 33.4. The summed E-state index contributed by atoms with van der Waals surface area (Å²) >= 11 is 0. The first-order valence-corrected chi connectivity index (χ1v) is 21.0. The van der Waals surface area contributed by atoms with Crippen molar-refractivity contribution in [2.45, 2.75) is 5.41 Å². The molecule has 0 fully saturated rings. The maximum Gasteiger partial charge on any atom is 0.143 e. The minimum atomic E-state index is -0.445. The molecule has 286 valence electrons. The lowest BCUT2D eigenvalue weighted by Crippen LogP contribution is -2.28. The molecule has 0 spiro atoms. The summed E-state index contributed by atoms with van der Waals surface area (Å²) < 4.78 is 6.44. The van der Waals surface area contributed by atoms with Crippen LogP contribution in [0.25, 0.3) is 66.1 Å². The van der Waals surface area contributed by atoms with Crippen LogP contribution < -0.4 is 4.90 Å². The summed E-state index contributed by atoms with van der Waals surface area (Å²) in [4.78, 5) is 2.36. The van der Waals surface area contributed by atoms with E-state index in [1.165, 1.54) is 55.3 Å². The van der Waals surface area contributed by atoms with Crippen LogP contribution in [0.3, 0.4) is 0 Å². The number of fused-ring (bicyclic) bond motifs is 7. The highest BCUT2D eigenvalue weighted by molar-refractivity contribution is 6.09. The third kappa shape index (κ3) is 5.50. The first kappa shape index (κ1) is 35.0. The van der Waals surface area contributed by atoms with Crippen molar-refractivity contribution in [3.63, 3.8) is 0 Å². The molecule has 0 saturated heterocycles. The molecule has 10 aromatic carbocycles. The Hall–Kier alpha value is -7.94. The Balaban J connectivity index is 0.985. The maximum atomic E-state index is 6.44. The highest BCUT2D eigenvalue weighted by Gasteiger charge is 2.46. The zero-order valence-corrected chi connectivity index (χ0v) is 33.4. The van der Waals surface area contributed by atoms with Crippen molar-refractivity contribution in [2.24, 2.45) is 0 Å². The van der Waals surface area contributed by atoms with Crippen molar-refractivity contribution in [2.75, 3.05) is 4.90 Å². The van der Waals surface area contributed by atoms with E-state index in [1.807, 2.05) is 12.1 Å². The lowest BCUT2D eigenvalue weighted by Gasteiger charge is -2.34. The number of benzene rings is 10. The molecule has 12 rings (SSSR count). The van der Waals surface area contributed by atoms with Gasteiger partial charge in [0.2, 0.25) is 0 Å². The van der Waals surface area contributed by atoms with Crippen LogP contribution in [0, 0.1) is 0 Å². The third-order valence-corrected chi connectivity index (χ3v) is 12.8. The zero-order chi connectivity index (χ0) is 40.3.